The fourth-order valence-electron chi connectivity index (χ4n) is 2.27. The highest BCUT2D eigenvalue weighted by Gasteiger charge is 2.09. The number of H-pyrrole nitrogens is 1. The quantitative estimate of drug-likeness (QED) is 0.739. The van der Waals surface area contributed by atoms with Crippen molar-refractivity contribution in [3.05, 3.63) is 22.9 Å². The molecule has 0 spiro atoms. The van der Waals surface area contributed by atoms with Crippen LogP contribution in [0.3, 0.4) is 0 Å². The number of aromatic nitrogens is 4. The maximum atomic E-state index is 11.5. The van der Waals surface area contributed by atoms with Crippen LogP contribution in [-0.4, -0.2) is 64.2 Å². The van der Waals surface area contributed by atoms with Gasteiger partial charge in [0.1, 0.15) is 5.39 Å². The van der Waals surface area contributed by atoms with Crippen molar-refractivity contribution in [2.45, 2.75) is 6.42 Å². The van der Waals surface area contributed by atoms with Gasteiger partial charge >= 0.3 is 0 Å². The van der Waals surface area contributed by atoms with E-state index in [2.05, 4.69) is 30.2 Å². The highest BCUT2D eigenvalue weighted by molar-refractivity contribution is 5.72. The molecule has 3 rings (SSSR count). The van der Waals surface area contributed by atoms with E-state index >= 15 is 0 Å². The topological polar surface area (TPSA) is 96.0 Å². The third-order valence-corrected chi connectivity index (χ3v) is 3.43. The lowest BCUT2D eigenvalue weighted by Gasteiger charge is -2.26. The number of hydrogen-bond acceptors (Lipinski definition) is 7. The molecule has 8 heteroatoms. The zero-order valence-corrected chi connectivity index (χ0v) is 11.7. The molecule has 0 atom stereocenters. The molecule has 112 valence electrons. The molecule has 2 aromatic rings. The molecule has 3 heterocycles. The lowest BCUT2D eigenvalue weighted by atomic mass is 10.3. The Labute approximate surface area is 121 Å². The maximum Gasteiger partial charge on any atom is 0.261 e. The first kappa shape index (κ1) is 13.9. The second-order valence-corrected chi connectivity index (χ2v) is 4.90. The Morgan fingerprint density at radius 1 is 1.33 bits per heavy atom. The van der Waals surface area contributed by atoms with Crippen LogP contribution >= 0.6 is 0 Å². The van der Waals surface area contributed by atoms with E-state index in [1.807, 2.05) is 0 Å². The lowest BCUT2D eigenvalue weighted by molar-refractivity contribution is 0.0378. The number of nitrogens with one attached hydrogen (secondary N) is 2. The molecule has 0 unspecified atom stereocenters. The first-order valence-electron chi connectivity index (χ1n) is 7.07. The van der Waals surface area contributed by atoms with Crippen LogP contribution < -0.4 is 10.9 Å². The van der Waals surface area contributed by atoms with Crippen LogP contribution in [0.5, 0.6) is 0 Å². The zero-order valence-electron chi connectivity index (χ0n) is 11.7. The molecule has 0 amide bonds. The van der Waals surface area contributed by atoms with Gasteiger partial charge in [-0.2, -0.15) is 4.98 Å². The first-order valence-corrected chi connectivity index (χ1v) is 7.07. The summed E-state index contributed by atoms with van der Waals surface area (Å²) in [5.74, 6) is 0.502. The van der Waals surface area contributed by atoms with Crippen molar-refractivity contribution in [2.24, 2.45) is 0 Å². The highest BCUT2D eigenvalue weighted by atomic mass is 16.5. The summed E-state index contributed by atoms with van der Waals surface area (Å²) in [6.07, 6.45) is 3.85. The minimum atomic E-state index is -0.223. The molecule has 2 N–H and O–H groups in total. The van der Waals surface area contributed by atoms with Crippen molar-refractivity contribution in [1.29, 1.82) is 0 Å². The second kappa shape index (κ2) is 6.59. The number of fused-ring (bicyclic) bond motifs is 1. The number of anilines is 1. The fraction of sp³-hybridized carbons (Fsp3) is 0.538. The molecular formula is C13H18N6O2. The molecule has 0 aromatic carbocycles. The average Bonchev–Trinajstić information content (AvgIpc) is 2.53. The Kier molecular flexibility index (Phi) is 4.37. The van der Waals surface area contributed by atoms with Crippen LogP contribution in [0.25, 0.3) is 11.0 Å². The molecule has 2 aromatic heterocycles. The maximum absolute atomic E-state index is 11.5. The Hall–Kier alpha value is -2.06. The Bertz CT molecular complexity index is 652. The van der Waals surface area contributed by atoms with Crippen molar-refractivity contribution >= 4 is 17.0 Å². The van der Waals surface area contributed by atoms with E-state index < -0.39 is 0 Å². The van der Waals surface area contributed by atoms with Gasteiger partial charge in [-0.05, 0) is 13.0 Å². The summed E-state index contributed by atoms with van der Waals surface area (Å²) >= 11 is 0. The van der Waals surface area contributed by atoms with Crippen LogP contribution in [0.1, 0.15) is 6.42 Å². The van der Waals surface area contributed by atoms with Crippen molar-refractivity contribution in [2.75, 3.05) is 44.7 Å². The molecule has 0 bridgehead atoms. The van der Waals surface area contributed by atoms with E-state index in [1.54, 1.807) is 0 Å². The summed E-state index contributed by atoms with van der Waals surface area (Å²) < 4.78 is 5.31. The molecular weight excluding hydrogens is 272 g/mol. The smallest absolute Gasteiger partial charge is 0.261 e. The van der Waals surface area contributed by atoms with Gasteiger partial charge in [0.15, 0.2) is 5.65 Å². The standard InChI is InChI=1S/C13H18N6O2/c20-12-10-8-15-13(18-11(10)16-9-17-12)14-2-1-3-19-4-6-21-7-5-19/h8-9H,1-7H2,(H2,14,15,16,17,18,20). The number of morpholine rings is 1. The third kappa shape index (κ3) is 3.53. The number of aromatic amines is 1. The van der Waals surface area contributed by atoms with Gasteiger partial charge in [-0.1, -0.05) is 0 Å². The van der Waals surface area contributed by atoms with E-state index in [1.165, 1.54) is 12.5 Å². The van der Waals surface area contributed by atoms with Gasteiger partial charge in [0.05, 0.1) is 19.5 Å². The Balaban J connectivity index is 1.52. The van der Waals surface area contributed by atoms with Gasteiger partial charge < -0.3 is 15.0 Å². The predicted octanol–water partition coefficient (Wildman–Crippen LogP) is -0.153. The monoisotopic (exact) mass is 290 g/mol. The van der Waals surface area contributed by atoms with E-state index in [9.17, 15) is 4.79 Å². The summed E-state index contributed by atoms with van der Waals surface area (Å²) in [7, 11) is 0. The fourth-order valence-corrected chi connectivity index (χ4v) is 2.27. The normalized spacial score (nSPS) is 16.2. The highest BCUT2D eigenvalue weighted by Crippen LogP contribution is 2.05. The first-order chi connectivity index (χ1) is 10.3. The second-order valence-electron chi connectivity index (χ2n) is 4.90. The number of rotatable bonds is 5. The number of nitrogens with zero attached hydrogens (tertiary/aromatic N) is 4. The SMILES string of the molecule is O=c1[nH]cnc2nc(NCCCN3CCOCC3)ncc12. The minimum absolute atomic E-state index is 0.223. The van der Waals surface area contributed by atoms with Crippen LogP contribution in [0.4, 0.5) is 5.95 Å². The molecule has 0 radical (unpaired) electrons. The zero-order chi connectivity index (χ0) is 14.5. The van der Waals surface area contributed by atoms with Gasteiger partial charge in [0, 0.05) is 25.8 Å². The summed E-state index contributed by atoms with van der Waals surface area (Å²) in [5.41, 5.74) is 0.184. The molecule has 0 saturated carbocycles. The van der Waals surface area contributed by atoms with E-state index in [-0.39, 0.29) is 5.56 Å². The Morgan fingerprint density at radius 3 is 3.05 bits per heavy atom. The minimum Gasteiger partial charge on any atom is -0.379 e. The summed E-state index contributed by atoms with van der Waals surface area (Å²) in [5, 5.41) is 3.56. The van der Waals surface area contributed by atoms with Gasteiger partial charge in [-0.15, -0.1) is 0 Å². The van der Waals surface area contributed by atoms with Crippen LogP contribution in [0.15, 0.2) is 17.3 Å². The molecule has 0 aliphatic carbocycles. The molecule has 1 aliphatic rings. The molecule has 1 fully saturated rings. The largest absolute Gasteiger partial charge is 0.379 e. The molecule has 8 nitrogen and oxygen atoms in total. The summed E-state index contributed by atoms with van der Waals surface area (Å²) in [6, 6.07) is 0. The van der Waals surface area contributed by atoms with Gasteiger partial charge in [-0.3, -0.25) is 9.69 Å². The number of hydrogen-bond donors (Lipinski definition) is 2. The van der Waals surface area contributed by atoms with Crippen molar-refractivity contribution < 1.29 is 4.74 Å². The molecule has 21 heavy (non-hydrogen) atoms. The Morgan fingerprint density at radius 2 is 2.19 bits per heavy atom. The van der Waals surface area contributed by atoms with Crippen molar-refractivity contribution in [3.8, 4) is 0 Å². The van der Waals surface area contributed by atoms with Crippen molar-refractivity contribution in [1.82, 2.24) is 24.8 Å². The summed E-state index contributed by atoms with van der Waals surface area (Å²) in [6.45, 7) is 5.45. The molecule has 1 aliphatic heterocycles. The van der Waals surface area contributed by atoms with Crippen LogP contribution in [-0.2, 0) is 4.74 Å². The van der Waals surface area contributed by atoms with Crippen LogP contribution in [0.2, 0.25) is 0 Å². The predicted molar refractivity (Wildman–Crippen MR) is 78.3 cm³/mol. The van der Waals surface area contributed by atoms with E-state index in [4.69, 9.17) is 4.74 Å². The van der Waals surface area contributed by atoms with Crippen molar-refractivity contribution in [3.63, 3.8) is 0 Å². The lowest BCUT2D eigenvalue weighted by Crippen LogP contribution is -2.37. The van der Waals surface area contributed by atoms with Crippen LogP contribution in [0, 0.1) is 0 Å². The van der Waals surface area contributed by atoms with Gasteiger partial charge in [-0.25, -0.2) is 9.97 Å². The third-order valence-electron chi connectivity index (χ3n) is 3.43. The summed E-state index contributed by atoms with van der Waals surface area (Å²) in [4.78, 5) is 28.8. The van der Waals surface area contributed by atoms with E-state index in [0.717, 1.165) is 45.8 Å². The van der Waals surface area contributed by atoms with Gasteiger partial charge in [0.2, 0.25) is 5.95 Å². The number of ether oxygens (including phenoxy) is 1. The molecule has 1 saturated heterocycles. The average molecular weight is 290 g/mol. The van der Waals surface area contributed by atoms with Gasteiger partial charge in [0.25, 0.3) is 5.56 Å². The van der Waals surface area contributed by atoms with E-state index in [0.29, 0.717) is 17.0 Å².